The molecule has 2 rings (SSSR count). The third-order valence-corrected chi connectivity index (χ3v) is 3.38. The first kappa shape index (κ1) is 13.6. The predicted molar refractivity (Wildman–Crippen MR) is 66.8 cm³/mol. The van der Waals surface area contributed by atoms with E-state index in [9.17, 15) is 9.59 Å². The lowest BCUT2D eigenvalue weighted by molar-refractivity contribution is -0.143. The number of amides is 1. The summed E-state index contributed by atoms with van der Waals surface area (Å²) in [5.74, 6) is -0.632. The maximum Gasteiger partial charge on any atom is 0.311 e. The zero-order valence-electron chi connectivity index (χ0n) is 11.3. The summed E-state index contributed by atoms with van der Waals surface area (Å²) in [5, 5.41) is 15.3. The molecule has 104 valence electrons. The predicted octanol–water partition coefficient (Wildman–Crippen LogP) is 1.57. The van der Waals surface area contributed by atoms with Crippen molar-refractivity contribution in [3.05, 3.63) is 17.5 Å². The number of nitrogens with zero attached hydrogens (tertiary/aromatic N) is 1. The van der Waals surface area contributed by atoms with Crippen molar-refractivity contribution in [2.24, 2.45) is 5.41 Å². The highest BCUT2D eigenvalue weighted by atomic mass is 16.5. The number of carbonyl (C=O) groups excluding carboxylic acids is 1. The van der Waals surface area contributed by atoms with Crippen LogP contribution in [0.1, 0.15) is 49.9 Å². The summed E-state index contributed by atoms with van der Waals surface area (Å²) in [6.45, 7) is 6.01. The van der Waals surface area contributed by atoms with Crippen LogP contribution in [0.5, 0.6) is 0 Å². The molecule has 6 nitrogen and oxygen atoms in total. The van der Waals surface area contributed by atoms with Crippen LogP contribution in [0.3, 0.4) is 0 Å². The summed E-state index contributed by atoms with van der Waals surface area (Å²) >= 11 is 0. The fraction of sp³-hybridized carbons (Fsp3) is 0.615. The van der Waals surface area contributed by atoms with E-state index in [4.69, 9.17) is 9.63 Å². The Hall–Kier alpha value is -1.85. The van der Waals surface area contributed by atoms with Crippen LogP contribution < -0.4 is 5.32 Å². The Labute approximate surface area is 111 Å². The number of rotatable bonds is 4. The van der Waals surface area contributed by atoms with E-state index in [2.05, 4.69) is 10.5 Å². The van der Waals surface area contributed by atoms with Gasteiger partial charge in [0.05, 0.1) is 5.41 Å². The molecule has 1 saturated carbocycles. The minimum atomic E-state index is -0.858. The highest BCUT2D eigenvalue weighted by Gasteiger charge is 2.50. The average Bonchev–Trinajstić information content (AvgIpc) is 2.92. The largest absolute Gasteiger partial charge is 0.481 e. The highest BCUT2D eigenvalue weighted by Crippen LogP contribution is 2.45. The van der Waals surface area contributed by atoms with Gasteiger partial charge in [0.15, 0.2) is 5.69 Å². The van der Waals surface area contributed by atoms with E-state index >= 15 is 0 Å². The van der Waals surface area contributed by atoms with Crippen molar-refractivity contribution >= 4 is 11.9 Å². The van der Waals surface area contributed by atoms with Crippen molar-refractivity contribution in [2.45, 2.75) is 39.0 Å². The first-order chi connectivity index (χ1) is 8.74. The molecule has 6 heteroatoms. The van der Waals surface area contributed by atoms with Gasteiger partial charge in [-0.1, -0.05) is 25.9 Å². The van der Waals surface area contributed by atoms with Crippen molar-refractivity contribution in [1.82, 2.24) is 10.5 Å². The summed E-state index contributed by atoms with van der Waals surface area (Å²) in [4.78, 5) is 22.8. The SMILES string of the molecule is CC(C)(C)c1cc(C(=O)NCC2(C(=O)O)CC2)no1. The van der Waals surface area contributed by atoms with Gasteiger partial charge >= 0.3 is 5.97 Å². The van der Waals surface area contributed by atoms with Crippen LogP contribution in [0, 0.1) is 5.41 Å². The average molecular weight is 266 g/mol. The topological polar surface area (TPSA) is 92.4 Å². The van der Waals surface area contributed by atoms with E-state index in [1.54, 1.807) is 6.07 Å². The summed E-state index contributed by atoms with van der Waals surface area (Å²) in [6.07, 6.45) is 1.21. The number of carboxylic acids is 1. The molecule has 0 spiro atoms. The Morgan fingerprint density at radius 3 is 2.53 bits per heavy atom. The molecule has 0 saturated heterocycles. The Morgan fingerprint density at radius 2 is 2.11 bits per heavy atom. The van der Waals surface area contributed by atoms with Crippen LogP contribution in [0.2, 0.25) is 0 Å². The number of aliphatic carboxylic acids is 1. The third-order valence-electron chi connectivity index (χ3n) is 3.38. The lowest BCUT2D eigenvalue weighted by Crippen LogP contribution is -2.34. The van der Waals surface area contributed by atoms with Gasteiger partial charge in [0.2, 0.25) is 0 Å². The van der Waals surface area contributed by atoms with Crippen molar-refractivity contribution in [3.8, 4) is 0 Å². The third kappa shape index (κ3) is 2.77. The van der Waals surface area contributed by atoms with E-state index in [0.29, 0.717) is 18.6 Å². The molecular weight excluding hydrogens is 248 g/mol. The molecule has 0 bridgehead atoms. The van der Waals surface area contributed by atoms with Crippen molar-refractivity contribution in [2.75, 3.05) is 6.54 Å². The zero-order valence-corrected chi connectivity index (χ0v) is 11.3. The van der Waals surface area contributed by atoms with Crippen LogP contribution in [-0.4, -0.2) is 28.7 Å². The number of nitrogens with one attached hydrogen (secondary N) is 1. The molecule has 1 aliphatic carbocycles. The van der Waals surface area contributed by atoms with Gasteiger partial charge in [0.1, 0.15) is 5.76 Å². The minimum absolute atomic E-state index is 0.138. The van der Waals surface area contributed by atoms with Crippen molar-refractivity contribution in [3.63, 3.8) is 0 Å². The lowest BCUT2D eigenvalue weighted by Gasteiger charge is -2.12. The van der Waals surface area contributed by atoms with E-state index in [1.165, 1.54) is 0 Å². The Balaban J connectivity index is 1.97. The quantitative estimate of drug-likeness (QED) is 0.862. The molecule has 19 heavy (non-hydrogen) atoms. The van der Waals surface area contributed by atoms with Gasteiger partial charge in [-0.15, -0.1) is 0 Å². The Morgan fingerprint density at radius 1 is 1.47 bits per heavy atom. The van der Waals surface area contributed by atoms with Gasteiger partial charge in [-0.25, -0.2) is 0 Å². The van der Waals surface area contributed by atoms with Crippen LogP contribution in [0.4, 0.5) is 0 Å². The molecule has 1 aromatic rings. The van der Waals surface area contributed by atoms with Crippen LogP contribution in [0.15, 0.2) is 10.6 Å². The summed E-state index contributed by atoms with van der Waals surface area (Å²) < 4.78 is 5.12. The fourth-order valence-electron chi connectivity index (χ4n) is 1.69. The molecule has 0 atom stereocenters. The second kappa shape index (κ2) is 4.36. The summed E-state index contributed by atoms with van der Waals surface area (Å²) in [5.41, 5.74) is -0.803. The molecule has 0 aliphatic heterocycles. The van der Waals surface area contributed by atoms with E-state index in [1.807, 2.05) is 20.8 Å². The van der Waals surface area contributed by atoms with Gasteiger partial charge < -0.3 is 14.9 Å². The van der Waals surface area contributed by atoms with Crippen LogP contribution in [-0.2, 0) is 10.2 Å². The first-order valence-corrected chi connectivity index (χ1v) is 6.23. The molecule has 2 N–H and O–H groups in total. The van der Waals surface area contributed by atoms with Gasteiger partial charge in [-0.2, -0.15) is 0 Å². The van der Waals surface area contributed by atoms with Gasteiger partial charge in [-0.05, 0) is 12.8 Å². The molecule has 0 unspecified atom stereocenters. The Bertz CT molecular complexity index is 509. The normalized spacial score (nSPS) is 17.0. The molecule has 1 heterocycles. The summed E-state index contributed by atoms with van der Waals surface area (Å²) in [7, 11) is 0. The second-order valence-electron chi connectivity index (χ2n) is 6.09. The summed E-state index contributed by atoms with van der Waals surface area (Å²) in [6, 6.07) is 1.59. The molecule has 1 aromatic heterocycles. The number of carboxylic acid groups (broad SMARTS) is 1. The molecular formula is C13H18N2O4. The van der Waals surface area contributed by atoms with Crippen LogP contribution in [0.25, 0.3) is 0 Å². The molecule has 0 aromatic carbocycles. The lowest BCUT2D eigenvalue weighted by atomic mass is 9.93. The minimum Gasteiger partial charge on any atom is -0.481 e. The van der Waals surface area contributed by atoms with E-state index in [0.717, 1.165) is 0 Å². The molecule has 1 aliphatic rings. The second-order valence-corrected chi connectivity index (χ2v) is 6.09. The van der Waals surface area contributed by atoms with E-state index < -0.39 is 17.3 Å². The smallest absolute Gasteiger partial charge is 0.311 e. The van der Waals surface area contributed by atoms with E-state index in [-0.39, 0.29) is 17.7 Å². The number of hydrogen-bond acceptors (Lipinski definition) is 4. The molecule has 1 fully saturated rings. The van der Waals surface area contributed by atoms with Gasteiger partial charge in [-0.3, -0.25) is 9.59 Å². The standard InChI is InChI=1S/C13H18N2O4/c1-12(2,3)9-6-8(15-19-9)10(16)14-7-13(4-5-13)11(17)18/h6H,4-5,7H2,1-3H3,(H,14,16)(H,17,18). The Kier molecular flexibility index (Phi) is 3.12. The molecule has 1 amide bonds. The molecule has 0 radical (unpaired) electrons. The van der Waals surface area contributed by atoms with Crippen molar-refractivity contribution in [1.29, 1.82) is 0 Å². The van der Waals surface area contributed by atoms with Crippen molar-refractivity contribution < 1.29 is 19.2 Å². The monoisotopic (exact) mass is 266 g/mol. The van der Waals surface area contributed by atoms with Gasteiger partial charge in [0.25, 0.3) is 5.91 Å². The number of carbonyl (C=O) groups is 2. The van der Waals surface area contributed by atoms with Crippen LogP contribution >= 0.6 is 0 Å². The van der Waals surface area contributed by atoms with Gasteiger partial charge in [0, 0.05) is 18.0 Å². The first-order valence-electron chi connectivity index (χ1n) is 6.23. The zero-order chi connectivity index (χ0) is 14.3. The fourth-order valence-corrected chi connectivity index (χ4v) is 1.69. The maximum absolute atomic E-state index is 11.9. The highest BCUT2D eigenvalue weighted by molar-refractivity contribution is 5.92. The maximum atomic E-state index is 11.9. The number of hydrogen-bond donors (Lipinski definition) is 2. The number of aromatic nitrogens is 1.